The molecule has 5 heteroatoms. The van der Waals surface area contributed by atoms with Gasteiger partial charge in [-0.1, -0.05) is 19.8 Å². The molecule has 0 fully saturated rings. The van der Waals surface area contributed by atoms with E-state index in [1.807, 2.05) is 24.4 Å². The van der Waals surface area contributed by atoms with Gasteiger partial charge in [0.25, 0.3) is 0 Å². The molecule has 0 bridgehead atoms. The van der Waals surface area contributed by atoms with Gasteiger partial charge in [0, 0.05) is 23.7 Å². The molecule has 2 aromatic heterocycles. The van der Waals surface area contributed by atoms with Crippen molar-refractivity contribution < 1.29 is 4.74 Å². The summed E-state index contributed by atoms with van der Waals surface area (Å²) >= 11 is 0. The molecule has 25 heavy (non-hydrogen) atoms. The van der Waals surface area contributed by atoms with Gasteiger partial charge in [-0.2, -0.15) is 0 Å². The zero-order valence-corrected chi connectivity index (χ0v) is 16.8. The van der Waals surface area contributed by atoms with Crippen LogP contribution in [0.25, 0.3) is 6.08 Å². The molecule has 3 rings (SSSR count). The number of halogens is 1. The topological polar surface area (TPSA) is 53.2 Å². The number of aryl methyl sites for hydroxylation is 2. The van der Waals surface area contributed by atoms with E-state index < -0.39 is 0 Å². The quantitative estimate of drug-likeness (QED) is 0.602. The third-order valence-corrected chi connectivity index (χ3v) is 4.34. The Labute approximate surface area is 159 Å². The maximum atomic E-state index is 5.49. The van der Waals surface area contributed by atoms with Crippen molar-refractivity contribution in [3.05, 3.63) is 64.6 Å². The third kappa shape index (κ3) is 4.54. The lowest BCUT2D eigenvalue weighted by Crippen LogP contribution is -1.93. The Bertz CT molecular complexity index is 782. The Hall–Kier alpha value is -2.01. The predicted molar refractivity (Wildman–Crippen MR) is 109 cm³/mol. The molecule has 0 unspecified atom stereocenters. The molecular formula is C20H26BrN3O. The number of hydrogen-bond acceptors (Lipinski definition) is 2. The minimum Gasteiger partial charge on any atom is -0.494 e. The lowest BCUT2D eigenvalue weighted by molar-refractivity contribution is 0.303. The Kier molecular flexibility index (Phi) is 6.88. The standard InChI is InChI=1S/C20H25N3O.BrH/c1-4-5-6-8-15-11-16(22-14(15)2)12-19-20(24-3)13-18(23-19)17-9-7-10-21-17;/h7,9-13,21-22H,4-6,8H2,1-3H3;1H/b19-12-;. The first-order chi connectivity index (χ1) is 11.7. The van der Waals surface area contributed by atoms with E-state index in [0.717, 1.165) is 35.0 Å². The van der Waals surface area contributed by atoms with Crippen molar-refractivity contribution in [2.75, 3.05) is 7.11 Å². The fourth-order valence-corrected chi connectivity index (χ4v) is 2.99. The number of nitrogens with zero attached hydrogens (tertiary/aromatic N) is 1. The largest absolute Gasteiger partial charge is 0.494 e. The van der Waals surface area contributed by atoms with Gasteiger partial charge in [-0.3, -0.25) is 0 Å². The molecule has 0 atom stereocenters. The van der Waals surface area contributed by atoms with Gasteiger partial charge in [0.05, 0.1) is 18.5 Å². The molecule has 0 amide bonds. The van der Waals surface area contributed by atoms with E-state index >= 15 is 0 Å². The molecule has 0 spiro atoms. The van der Waals surface area contributed by atoms with Crippen molar-refractivity contribution in [2.45, 2.75) is 39.5 Å². The number of allylic oxidation sites excluding steroid dienone is 1. The molecular weight excluding hydrogens is 378 g/mol. The first-order valence-electron chi connectivity index (χ1n) is 8.60. The second kappa shape index (κ2) is 8.90. The van der Waals surface area contributed by atoms with Crippen LogP contribution in [-0.4, -0.2) is 22.8 Å². The summed E-state index contributed by atoms with van der Waals surface area (Å²) in [6.45, 7) is 4.37. The van der Waals surface area contributed by atoms with Crippen molar-refractivity contribution in [1.82, 2.24) is 9.97 Å². The number of aromatic nitrogens is 2. The van der Waals surface area contributed by atoms with E-state index in [-0.39, 0.29) is 17.0 Å². The number of aliphatic imine (C=N–C) groups is 1. The summed E-state index contributed by atoms with van der Waals surface area (Å²) in [6, 6.07) is 6.21. The van der Waals surface area contributed by atoms with Gasteiger partial charge in [0.1, 0.15) is 11.5 Å². The molecule has 0 radical (unpaired) electrons. The van der Waals surface area contributed by atoms with Crippen molar-refractivity contribution in [3.63, 3.8) is 0 Å². The summed E-state index contributed by atoms with van der Waals surface area (Å²) in [6.07, 6.45) is 10.8. The van der Waals surface area contributed by atoms with Gasteiger partial charge in [-0.15, -0.1) is 17.0 Å². The highest BCUT2D eigenvalue weighted by molar-refractivity contribution is 8.93. The first-order valence-corrected chi connectivity index (χ1v) is 8.60. The fraction of sp³-hybridized carbons (Fsp3) is 0.350. The number of unbranched alkanes of at least 4 members (excludes halogenated alkanes) is 2. The molecule has 2 N–H and O–H groups in total. The highest BCUT2D eigenvalue weighted by atomic mass is 79.9. The van der Waals surface area contributed by atoms with E-state index in [4.69, 9.17) is 9.73 Å². The summed E-state index contributed by atoms with van der Waals surface area (Å²) in [4.78, 5) is 11.3. The van der Waals surface area contributed by atoms with Gasteiger partial charge in [-0.05, 0) is 49.6 Å². The highest BCUT2D eigenvalue weighted by Gasteiger charge is 2.17. The molecule has 0 aromatic carbocycles. The van der Waals surface area contributed by atoms with Crippen molar-refractivity contribution in [1.29, 1.82) is 0 Å². The minimum absolute atomic E-state index is 0. The van der Waals surface area contributed by atoms with Crippen molar-refractivity contribution in [3.8, 4) is 0 Å². The van der Waals surface area contributed by atoms with Crippen LogP contribution in [0.15, 0.2) is 46.9 Å². The molecule has 4 nitrogen and oxygen atoms in total. The average Bonchev–Trinajstić information content (AvgIpc) is 3.28. The van der Waals surface area contributed by atoms with E-state index in [9.17, 15) is 0 Å². The molecule has 2 aromatic rings. The number of methoxy groups -OCH3 is 1. The Balaban J connectivity index is 0.00000225. The lowest BCUT2D eigenvalue weighted by Gasteiger charge is -2.00. The number of hydrogen-bond donors (Lipinski definition) is 2. The minimum atomic E-state index is 0. The van der Waals surface area contributed by atoms with Crippen LogP contribution < -0.4 is 0 Å². The first kappa shape index (κ1) is 19.3. The molecule has 134 valence electrons. The van der Waals surface area contributed by atoms with Crippen LogP contribution in [0.1, 0.15) is 48.8 Å². The molecule has 1 aliphatic heterocycles. The van der Waals surface area contributed by atoms with Crippen LogP contribution in [0.4, 0.5) is 0 Å². The van der Waals surface area contributed by atoms with Gasteiger partial charge >= 0.3 is 0 Å². The van der Waals surface area contributed by atoms with Crippen molar-refractivity contribution in [2.24, 2.45) is 4.99 Å². The Morgan fingerprint density at radius 1 is 1.28 bits per heavy atom. The smallest absolute Gasteiger partial charge is 0.146 e. The third-order valence-electron chi connectivity index (χ3n) is 4.34. The summed E-state index contributed by atoms with van der Waals surface area (Å²) in [7, 11) is 1.68. The van der Waals surface area contributed by atoms with Gasteiger partial charge in [0.15, 0.2) is 0 Å². The number of nitrogens with one attached hydrogen (secondary N) is 2. The van der Waals surface area contributed by atoms with E-state index in [1.54, 1.807) is 7.11 Å². The predicted octanol–water partition coefficient (Wildman–Crippen LogP) is 5.34. The zero-order valence-electron chi connectivity index (χ0n) is 15.1. The number of rotatable bonds is 7. The van der Waals surface area contributed by atoms with Crippen molar-refractivity contribution >= 4 is 28.8 Å². The Morgan fingerprint density at radius 2 is 2.12 bits per heavy atom. The second-order valence-corrected chi connectivity index (χ2v) is 6.16. The molecule has 3 heterocycles. The lowest BCUT2D eigenvalue weighted by atomic mass is 10.1. The van der Waals surface area contributed by atoms with Gasteiger partial charge in [-0.25, -0.2) is 4.99 Å². The SMILES string of the molecule is Br.CCCCCc1cc(/C=C2\N=C(c3ccc[nH]3)C=C2OC)[nH]c1C. The van der Waals surface area contributed by atoms with Crippen LogP contribution in [-0.2, 0) is 11.2 Å². The molecule has 0 aliphatic carbocycles. The summed E-state index contributed by atoms with van der Waals surface area (Å²) in [5.74, 6) is 0.791. The normalized spacial score (nSPS) is 15.1. The van der Waals surface area contributed by atoms with Gasteiger partial charge in [0.2, 0.25) is 0 Å². The second-order valence-electron chi connectivity index (χ2n) is 6.16. The molecule has 0 saturated carbocycles. The molecule has 1 aliphatic rings. The van der Waals surface area contributed by atoms with E-state index in [0.29, 0.717) is 0 Å². The number of aromatic amines is 2. The Morgan fingerprint density at radius 3 is 2.80 bits per heavy atom. The molecule has 0 saturated heterocycles. The summed E-state index contributed by atoms with van der Waals surface area (Å²) < 4.78 is 5.49. The van der Waals surface area contributed by atoms with Crippen LogP contribution >= 0.6 is 17.0 Å². The highest BCUT2D eigenvalue weighted by Crippen LogP contribution is 2.25. The number of ether oxygens (including phenoxy) is 1. The monoisotopic (exact) mass is 403 g/mol. The summed E-state index contributed by atoms with van der Waals surface area (Å²) in [5.41, 5.74) is 6.46. The maximum absolute atomic E-state index is 5.49. The summed E-state index contributed by atoms with van der Waals surface area (Å²) in [5, 5.41) is 0. The maximum Gasteiger partial charge on any atom is 0.146 e. The van der Waals surface area contributed by atoms with Crippen LogP contribution in [0.5, 0.6) is 0 Å². The van der Waals surface area contributed by atoms with Gasteiger partial charge < -0.3 is 14.7 Å². The van der Waals surface area contributed by atoms with E-state index in [1.165, 1.54) is 30.5 Å². The fourth-order valence-electron chi connectivity index (χ4n) is 2.99. The van der Waals surface area contributed by atoms with Crippen LogP contribution in [0.2, 0.25) is 0 Å². The number of H-pyrrole nitrogens is 2. The van der Waals surface area contributed by atoms with E-state index in [2.05, 4.69) is 36.0 Å². The zero-order chi connectivity index (χ0) is 16.9. The average molecular weight is 404 g/mol. The van der Waals surface area contributed by atoms with Crippen LogP contribution in [0.3, 0.4) is 0 Å². The van der Waals surface area contributed by atoms with Crippen LogP contribution in [0, 0.1) is 6.92 Å².